The standard InChI is InChI=1S/C12H17N3O3S/c1-3-5-15(6-4-2)12(18)13-7-10-14-9(8-19-10)11(16)17/h3,8H,1,4-7H2,2H3,(H,13,18)(H,16,17). The molecule has 7 heteroatoms. The molecule has 104 valence electrons. The van der Waals surface area contributed by atoms with Gasteiger partial charge in [0.15, 0.2) is 5.69 Å². The van der Waals surface area contributed by atoms with Crippen LogP contribution in [-0.4, -0.2) is 40.1 Å². The maximum absolute atomic E-state index is 11.9. The van der Waals surface area contributed by atoms with Crippen LogP contribution in [0.15, 0.2) is 18.0 Å². The van der Waals surface area contributed by atoms with E-state index in [0.717, 1.165) is 6.42 Å². The van der Waals surface area contributed by atoms with Gasteiger partial charge in [0.2, 0.25) is 0 Å². The second-order valence-electron chi connectivity index (χ2n) is 3.83. The molecular formula is C12H17N3O3S. The molecule has 0 aliphatic carbocycles. The van der Waals surface area contributed by atoms with Gasteiger partial charge in [-0.05, 0) is 6.42 Å². The lowest BCUT2D eigenvalue weighted by Crippen LogP contribution is -2.40. The number of hydrogen-bond donors (Lipinski definition) is 2. The Kier molecular flexibility index (Phi) is 6.01. The van der Waals surface area contributed by atoms with Crippen LogP contribution >= 0.6 is 11.3 Å². The Morgan fingerprint density at radius 1 is 1.63 bits per heavy atom. The van der Waals surface area contributed by atoms with Crippen molar-refractivity contribution in [1.29, 1.82) is 0 Å². The smallest absolute Gasteiger partial charge is 0.355 e. The number of carboxylic acids is 1. The van der Waals surface area contributed by atoms with E-state index >= 15 is 0 Å². The van der Waals surface area contributed by atoms with Gasteiger partial charge in [0.1, 0.15) is 5.01 Å². The van der Waals surface area contributed by atoms with Crippen LogP contribution in [0.3, 0.4) is 0 Å². The number of thiazole rings is 1. The molecule has 0 aliphatic heterocycles. The van der Waals surface area contributed by atoms with Crippen molar-refractivity contribution in [3.05, 3.63) is 28.7 Å². The number of nitrogens with one attached hydrogen (secondary N) is 1. The van der Waals surface area contributed by atoms with E-state index in [9.17, 15) is 9.59 Å². The molecule has 19 heavy (non-hydrogen) atoms. The van der Waals surface area contributed by atoms with E-state index in [2.05, 4.69) is 16.9 Å². The van der Waals surface area contributed by atoms with Crippen molar-refractivity contribution >= 4 is 23.3 Å². The van der Waals surface area contributed by atoms with E-state index in [1.54, 1.807) is 11.0 Å². The van der Waals surface area contributed by atoms with Crippen molar-refractivity contribution in [1.82, 2.24) is 15.2 Å². The van der Waals surface area contributed by atoms with Gasteiger partial charge in [-0.2, -0.15) is 0 Å². The lowest BCUT2D eigenvalue weighted by Gasteiger charge is -2.20. The third kappa shape index (κ3) is 4.70. The zero-order chi connectivity index (χ0) is 14.3. The summed E-state index contributed by atoms with van der Waals surface area (Å²) in [6.07, 6.45) is 2.53. The molecule has 0 bridgehead atoms. The number of carbonyl (C=O) groups excluding carboxylic acids is 1. The molecule has 1 aromatic heterocycles. The minimum absolute atomic E-state index is 0.00533. The summed E-state index contributed by atoms with van der Waals surface area (Å²) in [6, 6.07) is -0.200. The van der Waals surface area contributed by atoms with E-state index in [-0.39, 0.29) is 18.3 Å². The normalized spacial score (nSPS) is 9.95. The quantitative estimate of drug-likeness (QED) is 0.749. The average molecular weight is 283 g/mol. The SMILES string of the molecule is C=CCN(CCC)C(=O)NCc1nc(C(=O)O)cs1. The molecule has 2 N–H and O–H groups in total. The minimum atomic E-state index is -1.06. The van der Waals surface area contributed by atoms with Gasteiger partial charge in [0, 0.05) is 18.5 Å². The molecule has 0 unspecified atom stereocenters. The van der Waals surface area contributed by atoms with Crippen LogP contribution in [0.25, 0.3) is 0 Å². The van der Waals surface area contributed by atoms with Crippen molar-refractivity contribution in [2.24, 2.45) is 0 Å². The first-order valence-corrected chi connectivity index (χ1v) is 6.77. The summed E-state index contributed by atoms with van der Waals surface area (Å²) < 4.78 is 0. The highest BCUT2D eigenvalue weighted by atomic mass is 32.1. The van der Waals surface area contributed by atoms with Crippen molar-refractivity contribution in [3.8, 4) is 0 Å². The van der Waals surface area contributed by atoms with Crippen LogP contribution in [-0.2, 0) is 6.54 Å². The summed E-state index contributed by atoms with van der Waals surface area (Å²) in [5, 5.41) is 13.5. The molecule has 0 spiro atoms. The fourth-order valence-corrected chi connectivity index (χ4v) is 2.16. The molecule has 0 fully saturated rings. The highest BCUT2D eigenvalue weighted by Gasteiger charge is 2.12. The van der Waals surface area contributed by atoms with Crippen molar-refractivity contribution < 1.29 is 14.7 Å². The third-order valence-electron chi connectivity index (χ3n) is 2.29. The van der Waals surface area contributed by atoms with Crippen molar-refractivity contribution in [3.63, 3.8) is 0 Å². The highest BCUT2D eigenvalue weighted by Crippen LogP contribution is 2.09. The van der Waals surface area contributed by atoms with Gasteiger partial charge < -0.3 is 15.3 Å². The molecule has 0 atom stereocenters. The predicted octanol–water partition coefficient (Wildman–Crippen LogP) is 1.95. The van der Waals surface area contributed by atoms with Crippen LogP contribution < -0.4 is 5.32 Å². The number of carboxylic acid groups (broad SMARTS) is 1. The molecule has 0 radical (unpaired) electrons. The van der Waals surface area contributed by atoms with Crippen LogP contribution in [0.5, 0.6) is 0 Å². The van der Waals surface area contributed by atoms with Crippen LogP contribution in [0.4, 0.5) is 4.79 Å². The van der Waals surface area contributed by atoms with Gasteiger partial charge in [-0.1, -0.05) is 13.0 Å². The maximum atomic E-state index is 11.9. The van der Waals surface area contributed by atoms with E-state index in [1.807, 2.05) is 6.92 Å². The number of aromatic carboxylic acids is 1. The van der Waals surface area contributed by atoms with E-state index in [0.29, 0.717) is 18.1 Å². The van der Waals surface area contributed by atoms with Gasteiger partial charge in [-0.3, -0.25) is 0 Å². The molecule has 0 saturated carbocycles. The average Bonchev–Trinajstić information content (AvgIpc) is 2.84. The first kappa shape index (κ1) is 15.2. The van der Waals surface area contributed by atoms with Crippen molar-refractivity contribution in [2.45, 2.75) is 19.9 Å². The number of urea groups is 1. The highest BCUT2D eigenvalue weighted by molar-refractivity contribution is 7.09. The van der Waals surface area contributed by atoms with Crippen LogP contribution in [0.1, 0.15) is 28.8 Å². The van der Waals surface area contributed by atoms with E-state index in [4.69, 9.17) is 5.11 Å². The monoisotopic (exact) mass is 283 g/mol. The Balaban J connectivity index is 2.51. The number of nitrogens with zero attached hydrogens (tertiary/aromatic N) is 2. The topological polar surface area (TPSA) is 82.5 Å². The van der Waals surface area contributed by atoms with Gasteiger partial charge in [0.05, 0.1) is 6.54 Å². The van der Waals surface area contributed by atoms with Gasteiger partial charge in [-0.15, -0.1) is 17.9 Å². The zero-order valence-electron chi connectivity index (χ0n) is 10.8. The summed E-state index contributed by atoms with van der Waals surface area (Å²) in [5.74, 6) is -1.06. The maximum Gasteiger partial charge on any atom is 0.355 e. The zero-order valence-corrected chi connectivity index (χ0v) is 11.6. The summed E-state index contributed by atoms with van der Waals surface area (Å²) in [7, 11) is 0. The second kappa shape index (κ2) is 7.52. The summed E-state index contributed by atoms with van der Waals surface area (Å²) in [5.41, 5.74) is 0.00533. The van der Waals surface area contributed by atoms with Gasteiger partial charge >= 0.3 is 12.0 Å². The Hall–Kier alpha value is -1.89. The number of hydrogen-bond acceptors (Lipinski definition) is 4. The fourth-order valence-electron chi connectivity index (χ4n) is 1.45. The Morgan fingerprint density at radius 2 is 2.37 bits per heavy atom. The Morgan fingerprint density at radius 3 is 2.89 bits per heavy atom. The molecule has 2 amide bonds. The largest absolute Gasteiger partial charge is 0.476 e. The van der Waals surface area contributed by atoms with Crippen LogP contribution in [0.2, 0.25) is 0 Å². The minimum Gasteiger partial charge on any atom is -0.476 e. The van der Waals surface area contributed by atoms with Crippen molar-refractivity contribution in [2.75, 3.05) is 13.1 Å². The van der Waals surface area contributed by atoms with E-state index < -0.39 is 5.97 Å². The molecular weight excluding hydrogens is 266 g/mol. The molecule has 0 aliphatic rings. The summed E-state index contributed by atoms with van der Waals surface area (Å²) >= 11 is 1.21. The molecule has 1 heterocycles. The Labute approximate surface area is 115 Å². The first-order valence-electron chi connectivity index (χ1n) is 5.89. The second-order valence-corrected chi connectivity index (χ2v) is 4.77. The number of carbonyl (C=O) groups is 2. The fraction of sp³-hybridized carbons (Fsp3) is 0.417. The lowest BCUT2D eigenvalue weighted by atomic mass is 10.4. The van der Waals surface area contributed by atoms with Gasteiger partial charge in [-0.25, -0.2) is 14.6 Å². The number of aromatic nitrogens is 1. The molecule has 1 aromatic rings. The first-order chi connectivity index (χ1) is 9.08. The van der Waals surface area contributed by atoms with Gasteiger partial charge in [0.25, 0.3) is 0 Å². The molecule has 1 rings (SSSR count). The number of rotatable bonds is 7. The van der Waals surface area contributed by atoms with Crippen LogP contribution in [0, 0.1) is 0 Å². The molecule has 0 aromatic carbocycles. The summed E-state index contributed by atoms with van der Waals surface area (Å²) in [4.78, 5) is 28.1. The predicted molar refractivity (Wildman–Crippen MR) is 73.4 cm³/mol. The third-order valence-corrected chi connectivity index (χ3v) is 3.14. The lowest BCUT2D eigenvalue weighted by molar-refractivity contribution is 0.0691. The van der Waals surface area contributed by atoms with E-state index in [1.165, 1.54) is 16.7 Å². The molecule has 6 nitrogen and oxygen atoms in total. The molecule has 0 saturated heterocycles. The summed E-state index contributed by atoms with van der Waals surface area (Å²) in [6.45, 7) is 6.96. The Bertz CT molecular complexity index is 459. The number of amides is 2.